The lowest BCUT2D eigenvalue weighted by molar-refractivity contribution is -0.870. The molecule has 572 valence electrons. The number of ether oxygens (including phenoxy) is 2. The Morgan fingerprint density at radius 1 is 0.304 bits per heavy atom. The lowest BCUT2D eigenvalue weighted by Crippen LogP contribution is -2.37. The van der Waals surface area contributed by atoms with Crippen molar-refractivity contribution in [3.63, 3.8) is 0 Å². The average molecular weight is 1430 g/mol. The molecule has 0 aliphatic heterocycles. The molecular formula is C92H147NO8P+. The Bertz CT molecular complexity index is 2580. The predicted octanol–water partition coefficient (Wildman–Crippen LogP) is 27.3. The molecule has 0 aromatic heterocycles. The van der Waals surface area contributed by atoms with Gasteiger partial charge < -0.3 is 18.9 Å². The zero-order valence-electron chi connectivity index (χ0n) is 65.2. The second-order valence-electron chi connectivity index (χ2n) is 27.0. The number of esters is 2. The second-order valence-corrected chi connectivity index (χ2v) is 28.4. The highest BCUT2D eigenvalue weighted by molar-refractivity contribution is 7.47. The van der Waals surface area contributed by atoms with Crippen molar-refractivity contribution >= 4 is 19.8 Å². The van der Waals surface area contributed by atoms with E-state index in [4.69, 9.17) is 18.5 Å². The number of hydrogen-bond acceptors (Lipinski definition) is 7. The number of carbonyl (C=O) groups excluding carboxylic acids is 2. The van der Waals surface area contributed by atoms with E-state index in [2.05, 4.69) is 245 Å². The third-order valence-electron chi connectivity index (χ3n) is 16.2. The molecule has 0 saturated carbocycles. The fraction of sp³-hybridized carbons (Fsp3) is 0.565. The van der Waals surface area contributed by atoms with Crippen LogP contribution in [0.1, 0.15) is 284 Å². The van der Waals surface area contributed by atoms with E-state index in [1.165, 1.54) is 70.6 Å². The van der Waals surface area contributed by atoms with Gasteiger partial charge in [-0.05, 0) is 161 Å². The summed E-state index contributed by atoms with van der Waals surface area (Å²) >= 11 is 0. The van der Waals surface area contributed by atoms with E-state index in [1.807, 2.05) is 21.1 Å². The molecule has 0 aliphatic carbocycles. The zero-order chi connectivity index (χ0) is 74.0. The molecule has 0 aromatic rings. The Kier molecular flexibility index (Phi) is 74.6. The van der Waals surface area contributed by atoms with Gasteiger partial charge in [0.1, 0.15) is 19.8 Å². The fourth-order valence-electron chi connectivity index (χ4n) is 10.2. The van der Waals surface area contributed by atoms with Gasteiger partial charge in [0.15, 0.2) is 6.10 Å². The van der Waals surface area contributed by atoms with Crippen molar-refractivity contribution in [1.82, 2.24) is 0 Å². The predicted molar refractivity (Wildman–Crippen MR) is 444 cm³/mol. The Balaban J connectivity index is 4.11. The van der Waals surface area contributed by atoms with Crippen LogP contribution in [0.15, 0.2) is 231 Å². The van der Waals surface area contributed by atoms with Crippen LogP contribution in [0.5, 0.6) is 0 Å². The van der Waals surface area contributed by atoms with Gasteiger partial charge in [0, 0.05) is 12.8 Å². The maximum atomic E-state index is 12.9. The molecule has 0 heterocycles. The highest BCUT2D eigenvalue weighted by Gasteiger charge is 2.27. The number of likely N-dealkylation sites (N-methyl/N-ethyl adjacent to an activating group) is 1. The minimum absolute atomic E-state index is 0.0181. The van der Waals surface area contributed by atoms with Gasteiger partial charge in [-0.15, -0.1) is 0 Å². The van der Waals surface area contributed by atoms with E-state index in [0.717, 1.165) is 180 Å². The minimum Gasteiger partial charge on any atom is -0.462 e. The van der Waals surface area contributed by atoms with Crippen LogP contribution in [0.25, 0.3) is 0 Å². The summed E-state index contributed by atoms with van der Waals surface area (Å²) in [4.78, 5) is 36.0. The number of phosphoric acid groups is 1. The third-order valence-corrected chi connectivity index (χ3v) is 17.2. The zero-order valence-corrected chi connectivity index (χ0v) is 66.1. The maximum absolute atomic E-state index is 12.9. The molecule has 0 fully saturated rings. The van der Waals surface area contributed by atoms with Crippen molar-refractivity contribution in [3.05, 3.63) is 231 Å². The molecule has 0 aromatic carbocycles. The molecule has 10 heteroatoms. The molecule has 0 radical (unpaired) electrons. The van der Waals surface area contributed by atoms with E-state index >= 15 is 0 Å². The minimum atomic E-state index is -4.42. The SMILES string of the molecule is CC/C=C\C/C=C\C/C=C\C/C=C\C/C=C\C/C=C\C/C=C\C/C=C\C/C=C\C/C=C\CCCCCCCCCCC(=O)OC(COC(=O)CCCCCCCCCCCCC/C=C\C/C=C\C/C=C\C/C=C\C/C=C\C/C=C\C/C=C\C/C=C\C/C=C\CC)COP(=O)(O)OCC[N+](C)(C)C. The molecule has 0 spiro atoms. The summed E-state index contributed by atoms with van der Waals surface area (Å²) in [6.07, 6.45) is 127. The van der Waals surface area contributed by atoms with Crippen LogP contribution in [0.3, 0.4) is 0 Å². The number of quaternary nitrogens is 1. The van der Waals surface area contributed by atoms with Gasteiger partial charge in [0.25, 0.3) is 0 Å². The number of nitrogens with zero attached hydrogens (tertiary/aromatic N) is 1. The molecule has 0 bridgehead atoms. The number of unbranched alkanes of at least 4 members (excludes halogenated alkanes) is 19. The fourth-order valence-corrected chi connectivity index (χ4v) is 10.9. The van der Waals surface area contributed by atoms with Gasteiger partial charge in [-0.1, -0.05) is 341 Å². The quantitative estimate of drug-likeness (QED) is 0.0211. The summed E-state index contributed by atoms with van der Waals surface area (Å²) in [6, 6.07) is 0. The van der Waals surface area contributed by atoms with Crippen molar-refractivity contribution in [1.29, 1.82) is 0 Å². The maximum Gasteiger partial charge on any atom is 0.472 e. The van der Waals surface area contributed by atoms with Gasteiger partial charge in [0.2, 0.25) is 0 Å². The summed E-state index contributed by atoms with van der Waals surface area (Å²) < 4.78 is 34.8. The molecule has 9 nitrogen and oxygen atoms in total. The highest BCUT2D eigenvalue weighted by atomic mass is 31.2. The summed E-state index contributed by atoms with van der Waals surface area (Å²) in [6.45, 7) is 4.17. The Labute approximate surface area is 626 Å². The van der Waals surface area contributed by atoms with Crippen LogP contribution in [-0.2, 0) is 32.7 Å². The monoisotopic (exact) mass is 1430 g/mol. The smallest absolute Gasteiger partial charge is 0.462 e. The normalized spacial score (nSPS) is 14.3. The van der Waals surface area contributed by atoms with Crippen molar-refractivity contribution < 1.29 is 42.1 Å². The van der Waals surface area contributed by atoms with Crippen LogP contribution in [0.2, 0.25) is 0 Å². The molecule has 0 aliphatic rings. The number of hydrogen-bond donors (Lipinski definition) is 1. The highest BCUT2D eigenvalue weighted by Crippen LogP contribution is 2.43. The van der Waals surface area contributed by atoms with Gasteiger partial charge in [-0.2, -0.15) is 0 Å². The first kappa shape index (κ1) is 96.1. The number of allylic oxidation sites excluding steroid dienone is 38. The summed E-state index contributed by atoms with van der Waals surface area (Å²) in [5.41, 5.74) is 0. The van der Waals surface area contributed by atoms with Crippen LogP contribution in [0.4, 0.5) is 0 Å². The largest absolute Gasteiger partial charge is 0.472 e. The van der Waals surface area contributed by atoms with E-state index in [0.29, 0.717) is 17.4 Å². The summed E-state index contributed by atoms with van der Waals surface area (Å²) in [7, 11) is 1.44. The van der Waals surface area contributed by atoms with Gasteiger partial charge in [-0.3, -0.25) is 18.6 Å². The first-order valence-electron chi connectivity index (χ1n) is 40.1. The lowest BCUT2D eigenvalue weighted by atomic mass is 10.0. The third kappa shape index (κ3) is 83.0. The standard InChI is InChI=1S/C92H146NO8P/c1-6-8-10-12-14-16-18-20-22-24-26-28-30-32-34-36-38-40-42-44-46-48-50-52-54-56-58-60-62-64-66-68-70-72-74-76-78-80-82-84-91(94)98-88-90(89-100-102(96,97)99-87-86-93(3,4)5)101-92(95)85-83-81-79-77-75-73-71-69-67-65-63-61-59-57-55-53-51-49-47-45-43-41-39-37-35-33-31-29-27-25-23-21-19-17-15-13-11-9-7-2/h8-11,14-17,20-23,26-29,32-35,38-41,44-47,50-53,56-59,63,65,90H,6-7,12-13,18-19,24-25,30-31,36-37,42-43,48-49,54-55,60-62,64,66-89H2,1-5H3/p+1/b10-8-,11-9-,16-14-,17-15-,22-20-,23-21-,28-26-,29-27-,34-32-,35-33-,40-38-,41-39-,46-44-,47-45-,52-50-,53-51-,58-56-,59-57-,65-63-. The summed E-state index contributed by atoms with van der Waals surface area (Å²) in [5.74, 6) is -0.823. The van der Waals surface area contributed by atoms with Crippen molar-refractivity contribution in [2.24, 2.45) is 0 Å². The molecular weight excluding hydrogens is 1280 g/mol. The van der Waals surface area contributed by atoms with Crippen molar-refractivity contribution in [2.75, 3.05) is 47.5 Å². The second kappa shape index (κ2) is 79.2. The van der Waals surface area contributed by atoms with Crippen LogP contribution in [-0.4, -0.2) is 74.9 Å². The Hall–Kier alpha value is -5.93. The van der Waals surface area contributed by atoms with Crippen LogP contribution in [0, 0.1) is 0 Å². The molecule has 2 atom stereocenters. The van der Waals surface area contributed by atoms with Crippen LogP contribution < -0.4 is 0 Å². The van der Waals surface area contributed by atoms with Crippen LogP contribution >= 0.6 is 7.82 Å². The molecule has 102 heavy (non-hydrogen) atoms. The van der Waals surface area contributed by atoms with Crippen molar-refractivity contribution in [3.8, 4) is 0 Å². The Morgan fingerprint density at radius 2 is 0.529 bits per heavy atom. The lowest BCUT2D eigenvalue weighted by Gasteiger charge is -2.24. The molecule has 0 saturated heterocycles. The molecule has 0 amide bonds. The number of carbonyl (C=O) groups is 2. The van der Waals surface area contributed by atoms with E-state index in [9.17, 15) is 19.0 Å². The van der Waals surface area contributed by atoms with Gasteiger partial charge in [0.05, 0.1) is 27.7 Å². The van der Waals surface area contributed by atoms with Gasteiger partial charge in [-0.25, -0.2) is 4.57 Å². The molecule has 0 rings (SSSR count). The molecule has 1 N–H and O–H groups in total. The first-order chi connectivity index (χ1) is 50.0. The first-order valence-corrected chi connectivity index (χ1v) is 41.6. The Morgan fingerprint density at radius 3 is 0.784 bits per heavy atom. The number of rotatable bonds is 71. The molecule has 2 unspecified atom stereocenters. The van der Waals surface area contributed by atoms with E-state index < -0.39 is 26.5 Å². The average Bonchev–Trinajstić information content (AvgIpc) is 0.914. The topological polar surface area (TPSA) is 108 Å². The number of phosphoric ester groups is 1. The van der Waals surface area contributed by atoms with E-state index in [1.54, 1.807) is 0 Å². The summed E-state index contributed by atoms with van der Waals surface area (Å²) in [5, 5.41) is 0. The van der Waals surface area contributed by atoms with E-state index in [-0.39, 0.29) is 32.0 Å². The van der Waals surface area contributed by atoms with Gasteiger partial charge >= 0.3 is 19.8 Å². The van der Waals surface area contributed by atoms with Crippen molar-refractivity contribution in [2.45, 2.75) is 290 Å².